The van der Waals surface area contributed by atoms with Crippen LogP contribution < -0.4 is 0 Å². The molecule has 0 aliphatic carbocycles. The number of hydrogen-bond acceptors (Lipinski definition) is 6. The molecule has 0 aromatic carbocycles. The van der Waals surface area contributed by atoms with Crippen molar-refractivity contribution in [2.45, 2.75) is 36.9 Å². The molecule has 2 aromatic heterocycles. The standard InChI is InChI=1S/C14H18N4O2S2/c1-3-12(19)10-6-9-7-17(4-5-18(9)16-10)13(20)11-8-22-14(15-11)21-2/h6,8,12,19H,3-5,7H2,1-2H3/t12-/m0/s1. The van der Waals surface area contributed by atoms with Crippen molar-refractivity contribution in [3.8, 4) is 0 Å². The molecule has 1 aliphatic rings. The summed E-state index contributed by atoms with van der Waals surface area (Å²) < 4.78 is 2.78. The van der Waals surface area contributed by atoms with Gasteiger partial charge in [-0.1, -0.05) is 18.7 Å². The maximum absolute atomic E-state index is 12.5. The largest absolute Gasteiger partial charge is 0.387 e. The van der Waals surface area contributed by atoms with Gasteiger partial charge in [0.2, 0.25) is 0 Å². The van der Waals surface area contributed by atoms with E-state index in [0.717, 1.165) is 10.0 Å². The third-order valence-electron chi connectivity index (χ3n) is 3.71. The van der Waals surface area contributed by atoms with Crippen LogP contribution in [0.1, 0.15) is 41.3 Å². The second-order valence-electron chi connectivity index (χ2n) is 5.14. The smallest absolute Gasteiger partial charge is 0.273 e. The van der Waals surface area contributed by atoms with Crippen molar-refractivity contribution < 1.29 is 9.90 Å². The normalized spacial score (nSPS) is 15.7. The van der Waals surface area contributed by atoms with E-state index in [1.807, 2.05) is 29.3 Å². The zero-order valence-electron chi connectivity index (χ0n) is 12.5. The number of amides is 1. The van der Waals surface area contributed by atoms with Gasteiger partial charge in [0.15, 0.2) is 0 Å². The third kappa shape index (κ3) is 2.90. The molecule has 0 radical (unpaired) electrons. The van der Waals surface area contributed by atoms with Gasteiger partial charge in [-0.15, -0.1) is 11.3 Å². The summed E-state index contributed by atoms with van der Waals surface area (Å²) in [6.07, 6.45) is 2.05. The van der Waals surface area contributed by atoms with Crippen LogP contribution in [0, 0.1) is 0 Å². The molecular weight excluding hydrogens is 320 g/mol. The van der Waals surface area contributed by atoms with Gasteiger partial charge in [-0.05, 0) is 18.7 Å². The topological polar surface area (TPSA) is 71.2 Å². The number of nitrogens with zero attached hydrogens (tertiary/aromatic N) is 4. The number of carbonyl (C=O) groups is 1. The number of rotatable bonds is 4. The van der Waals surface area contributed by atoms with Crippen LogP contribution in [-0.2, 0) is 13.1 Å². The Bertz CT molecular complexity index is 682. The number of carbonyl (C=O) groups excluding carboxylic acids is 1. The molecule has 8 heteroatoms. The summed E-state index contributed by atoms with van der Waals surface area (Å²) in [6.45, 7) is 3.69. The maximum Gasteiger partial charge on any atom is 0.273 e. The zero-order valence-corrected chi connectivity index (χ0v) is 14.2. The van der Waals surface area contributed by atoms with Crippen LogP contribution >= 0.6 is 23.1 Å². The molecule has 6 nitrogen and oxygen atoms in total. The molecule has 1 atom stereocenters. The van der Waals surface area contributed by atoms with E-state index in [9.17, 15) is 9.90 Å². The van der Waals surface area contributed by atoms with Crippen LogP contribution in [0.25, 0.3) is 0 Å². The van der Waals surface area contributed by atoms with Crippen LogP contribution in [0.4, 0.5) is 0 Å². The number of hydrogen-bond donors (Lipinski definition) is 1. The molecule has 2 aromatic rings. The summed E-state index contributed by atoms with van der Waals surface area (Å²) in [5.74, 6) is -0.0402. The minimum absolute atomic E-state index is 0.0402. The SMILES string of the molecule is CC[C@H](O)c1cc2n(n1)CCN(C(=O)c1csc(SC)n1)C2. The summed E-state index contributed by atoms with van der Waals surface area (Å²) in [4.78, 5) is 18.6. The van der Waals surface area contributed by atoms with Crippen molar-refractivity contribution in [3.63, 3.8) is 0 Å². The van der Waals surface area contributed by atoms with Gasteiger partial charge in [0, 0.05) is 11.9 Å². The quantitative estimate of drug-likeness (QED) is 0.865. The first-order valence-electron chi connectivity index (χ1n) is 7.15. The fraction of sp³-hybridized carbons (Fsp3) is 0.500. The van der Waals surface area contributed by atoms with Crippen molar-refractivity contribution >= 4 is 29.0 Å². The number of aliphatic hydroxyl groups is 1. The first kappa shape index (κ1) is 15.5. The summed E-state index contributed by atoms with van der Waals surface area (Å²) in [5.41, 5.74) is 2.16. The Kier molecular flexibility index (Phi) is 4.51. The van der Waals surface area contributed by atoms with Crippen molar-refractivity contribution in [1.29, 1.82) is 0 Å². The summed E-state index contributed by atoms with van der Waals surface area (Å²) >= 11 is 3.04. The molecule has 118 valence electrons. The molecule has 1 aliphatic heterocycles. The molecular formula is C14H18N4O2S2. The van der Waals surface area contributed by atoms with E-state index in [1.165, 1.54) is 11.3 Å². The molecule has 22 heavy (non-hydrogen) atoms. The van der Waals surface area contributed by atoms with Crippen LogP contribution in [-0.4, -0.2) is 43.5 Å². The maximum atomic E-state index is 12.5. The first-order valence-corrected chi connectivity index (χ1v) is 9.26. The van der Waals surface area contributed by atoms with Gasteiger partial charge in [0.25, 0.3) is 5.91 Å². The van der Waals surface area contributed by atoms with Crippen molar-refractivity contribution in [2.75, 3.05) is 12.8 Å². The highest BCUT2D eigenvalue weighted by molar-refractivity contribution is 8.00. The number of thioether (sulfide) groups is 1. The second-order valence-corrected chi connectivity index (χ2v) is 7.05. The average Bonchev–Trinajstić information content (AvgIpc) is 3.18. The van der Waals surface area contributed by atoms with Crippen molar-refractivity contribution in [2.24, 2.45) is 0 Å². The van der Waals surface area contributed by atoms with Crippen LogP contribution in [0.2, 0.25) is 0 Å². The number of thiazole rings is 1. The Hall–Kier alpha value is -1.38. The highest BCUT2D eigenvalue weighted by Gasteiger charge is 2.25. The van der Waals surface area contributed by atoms with Crippen LogP contribution in [0.5, 0.6) is 0 Å². The molecule has 0 bridgehead atoms. The molecule has 0 unspecified atom stereocenters. The lowest BCUT2D eigenvalue weighted by molar-refractivity contribution is 0.0700. The molecule has 0 spiro atoms. The number of aliphatic hydroxyl groups excluding tert-OH is 1. The van der Waals surface area contributed by atoms with E-state index < -0.39 is 6.10 Å². The van der Waals surface area contributed by atoms with Gasteiger partial charge in [-0.2, -0.15) is 5.10 Å². The lowest BCUT2D eigenvalue weighted by Gasteiger charge is -2.27. The van der Waals surface area contributed by atoms with E-state index in [0.29, 0.717) is 37.4 Å². The van der Waals surface area contributed by atoms with E-state index >= 15 is 0 Å². The highest BCUT2D eigenvalue weighted by atomic mass is 32.2. The first-order chi connectivity index (χ1) is 10.6. The van der Waals surface area contributed by atoms with Gasteiger partial charge in [0.1, 0.15) is 10.0 Å². The minimum atomic E-state index is -0.537. The Morgan fingerprint density at radius 3 is 3.05 bits per heavy atom. The van der Waals surface area contributed by atoms with Gasteiger partial charge >= 0.3 is 0 Å². The molecule has 1 N–H and O–H groups in total. The van der Waals surface area contributed by atoms with E-state index in [-0.39, 0.29) is 5.91 Å². The van der Waals surface area contributed by atoms with Crippen molar-refractivity contribution in [1.82, 2.24) is 19.7 Å². The average molecular weight is 338 g/mol. The zero-order chi connectivity index (χ0) is 15.7. The summed E-state index contributed by atoms with van der Waals surface area (Å²) in [5, 5.41) is 16.1. The van der Waals surface area contributed by atoms with E-state index in [2.05, 4.69) is 10.1 Å². The third-order valence-corrected chi connectivity index (χ3v) is 5.57. The van der Waals surface area contributed by atoms with Crippen LogP contribution in [0.15, 0.2) is 15.8 Å². The predicted molar refractivity (Wildman–Crippen MR) is 86.1 cm³/mol. The fourth-order valence-corrected chi connectivity index (χ4v) is 3.68. The second kappa shape index (κ2) is 6.39. The Morgan fingerprint density at radius 1 is 1.55 bits per heavy atom. The Labute approximate surface area is 137 Å². The lowest BCUT2D eigenvalue weighted by atomic mass is 10.2. The molecule has 0 saturated heterocycles. The highest BCUT2D eigenvalue weighted by Crippen LogP contribution is 2.23. The Balaban J connectivity index is 1.76. The fourth-order valence-electron chi connectivity index (χ4n) is 2.45. The van der Waals surface area contributed by atoms with Crippen LogP contribution in [0.3, 0.4) is 0 Å². The number of fused-ring (bicyclic) bond motifs is 1. The molecule has 3 heterocycles. The van der Waals surface area contributed by atoms with E-state index in [1.54, 1.807) is 16.7 Å². The van der Waals surface area contributed by atoms with Gasteiger partial charge < -0.3 is 10.0 Å². The number of aromatic nitrogens is 3. The molecule has 0 fully saturated rings. The summed E-state index contributed by atoms with van der Waals surface area (Å²) in [7, 11) is 0. The van der Waals surface area contributed by atoms with E-state index in [4.69, 9.17) is 0 Å². The summed E-state index contributed by atoms with van der Waals surface area (Å²) in [6, 6.07) is 1.89. The lowest BCUT2D eigenvalue weighted by Crippen LogP contribution is -2.38. The van der Waals surface area contributed by atoms with Gasteiger partial charge in [-0.25, -0.2) is 4.98 Å². The molecule has 3 rings (SSSR count). The van der Waals surface area contributed by atoms with Gasteiger partial charge in [0.05, 0.1) is 30.6 Å². The molecule has 1 amide bonds. The van der Waals surface area contributed by atoms with Gasteiger partial charge in [-0.3, -0.25) is 9.48 Å². The predicted octanol–water partition coefficient (Wildman–Crippen LogP) is 2.16. The minimum Gasteiger partial charge on any atom is -0.387 e. The Morgan fingerprint density at radius 2 is 2.36 bits per heavy atom. The van der Waals surface area contributed by atoms with Crippen molar-refractivity contribution in [3.05, 3.63) is 28.5 Å². The molecule has 0 saturated carbocycles. The monoisotopic (exact) mass is 338 g/mol.